The molecule has 0 atom stereocenters. The van der Waals surface area contributed by atoms with Crippen molar-refractivity contribution in [2.45, 2.75) is 67.2 Å². The fourth-order valence-electron chi connectivity index (χ4n) is 2.62. The van der Waals surface area contributed by atoms with E-state index in [0.717, 1.165) is 24.3 Å². The van der Waals surface area contributed by atoms with Crippen LogP contribution in [-0.4, -0.2) is 0 Å². The second-order valence-corrected chi connectivity index (χ2v) is 9.51. The minimum absolute atomic E-state index is 0.379. The molecule has 0 fully saturated rings. The van der Waals surface area contributed by atoms with Crippen molar-refractivity contribution in [3.8, 4) is 11.5 Å². The molecule has 0 aromatic heterocycles. The van der Waals surface area contributed by atoms with Gasteiger partial charge in [0.05, 0.1) is 0 Å². The maximum absolute atomic E-state index is 5.98. The van der Waals surface area contributed by atoms with Crippen molar-refractivity contribution in [1.29, 1.82) is 0 Å². The van der Waals surface area contributed by atoms with Gasteiger partial charge in [-0.3, -0.25) is 0 Å². The Morgan fingerprint density at radius 1 is 0.560 bits per heavy atom. The first-order chi connectivity index (χ1) is 11.6. The predicted molar refractivity (Wildman–Crippen MR) is 109 cm³/mol. The minimum atomic E-state index is 0.379. The lowest BCUT2D eigenvalue weighted by Crippen LogP contribution is -2.06. The molecule has 0 bridgehead atoms. The molecule has 0 aliphatic heterocycles. The molecule has 0 aliphatic carbocycles. The molecule has 1 heteroatoms. The zero-order valence-corrected chi connectivity index (χ0v) is 16.9. The molecule has 0 aliphatic rings. The SMILES string of the molecule is CC(C)(C)CCc1ccc(Oc2ccc(CCC(C)(C)C)cc2)cc1. The second kappa shape index (κ2) is 8.08. The van der Waals surface area contributed by atoms with E-state index in [4.69, 9.17) is 4.74 Å². The van der Waals surface area contributed by atoms with Crippen LogP contribution in [0.15, 0.2) is 48.5 Å². The molecule has 2 rings (SSSR count). The third kappa shape index (κ3) is 7.77. The van der Waals surface area contributed by atoms with E-state index in [-0.39, 0.29) is 0 Å². The van der Waals surface area contributed by atoms with Crippen molar-refractivity contribution in [2.75, 3.05) is 0 Å². The van der Waals surface area contributed by atoms with Crippen molar-refractivity contribution < 1.29 is 4.74 Å². The zero-order valence-electron chi connectivity index (χ0n) is 16.9. The summed E-state index contributed by atoms with van der Waals surface area (Å²) in [4.78, 5) is 0. The van der Waals surface area contributed by atoms with Gasteiger partial charge in [-0.05, 0) is 71.9 Å². The predicted octanol–water partition coefficient (Wildman–Crippen LogP) is 7.44. The molecule has 0 radical (unpaired) electrons. The highest BCUT2D eigenvalue weighted by molar-refractivity contribution is 5.34. The molecule has 2 aromatic carbocycles. The number of aryl methyl sites for hydroxylation is 2. The Hall–Kier alpha value is -1.76. The Labute approximate surface area is 154 Å². The average molecular weight is 339 g/mol. The maximum atomic E-state index is 5.98. The monoisotopic (exact) mass is 338 g/mol. The van der Waals surface area contributed by atoms with Gasteiger partial charge in [0.25, 0.3) is 0 Å². The quantitative estimate of drug-likeness (QED) is 0.532. The summed E-state index contributed by atoms with van der Waals surface area (Å²) in [5.41, 5.74) is 3.51. The number of benzene rings is 2. The Morgan fingerprint density at radius 3 is 1.16 bits per heavy atom. The van der Waals surface area contributed by atoms with Crippen LogP contribution in [0, 0.1) is 10.8 Å². The van der Waals surface area contributed by atoms with Gasteiger partial charge in [-0.1, -0.05) is 65.8 Å². The van der Waals surface area contributed by atoms with E-state index in [2.05, 4.69) is 90.1 Å². The summed E-state index contributed by atoms with van der Waals surface area (Å²) in [7, 11) is 0. The van der Waals surface area contributed by atoms with Crippen LogP contribution in [0.25, 0.3) is 0 Å². The summed E-state index contributed by atoms with van der Waals surface area (Å²) in [6, 6.07) is 17.0. The molecule has 0 saturated heterocycles. The van der Waals surface area contributed by atoms with Crippen LogP contribution < -0.4 is 4.74 Å². The van der Waals surface area contributed by atoms with Gasteiger partial charge in [-0.15, -0.1) is 0 Å². The highest BCUT2D eigenvalue weighted by Gasteiger charge is 2.11. The van der Waals surface area contributed by atoms with E-state index in [9.17, 15) is 0 Å². The highest BCUT2D eigenvalue weighted by atomic mass is 16.5. The fraction of sp³-hybridized carbons (Fsp3) is 0.500. The lowest BCUT2D eigenvalue weighted by Gasteiger charge is -2.18. The van der Waals surface area contributed by atoms with Crippen molar-refractivity contribution in [2.24, 2.45) is 10.8 Å². The lowest BCUT2D eigenvalue weighted by atomic mass is 9.89. The van der Waals surface area contributed by atoms with Crippen molar-refractivity contribution in [3.63, 3.8) is 0 Å². The Balaban J connectivity index is 1.89. The minimum Gasteiger partial charge on any atom is -0.457 e. The Morgan fingerprint density at radius 2 is 0.880 bits per heavy atom. The molecule has 25 heavy (non-hydrogen) atoms. The lowest BCUT2D eigenvalue weighted by molar-refractivity contribution is 0.378. The van der Waals surface area contributed by atoms with E-state index in [1.54, 1.807) is 0 Å². The van der Waals surface area contributed by atoms with Gasteiger partial charge in [0.2, 0.25) is 0 Å². The van der Waals surface area contributed by atoms with E-state index in [1.165, 1.54) is 24.0 Å². The molecular formula is C24H34O. The van der Waals surface area contributed by atoms with Crippen LogP contribution in [0.1, 0.15) is 65.5 Å². The van der Waals surface area contributed by atoms with Gasteiger partial charge in [0.1, 0.15) is 11.5 Å². The first kappa shape index (κ1) is 19.6. The number of hydrogen-bond donors (Lipinski definition) is 0. The molecule has 0 N–H and O–H groups in total. The first-order valence-corrected chi connectivity index (χ1v) is 9.47. The topological polar surface area (TPSA) is 9.23 Å². The van der Waals surface area contributed by atoms with E-state index in [1.807, 2.05) is 0 Å². The fourth-order valence-corrected chi connectivity index (χ4v) is 2.62. The number of rotatable bonds is 6. The Bertz CT molecular complexity index is 577. The molecule has 2 aromatic rings. The van der Waals surface area contributed by atoms with Gasteiger partial charge in [0, 0.05) is 0 Å². The van der Waals surface area contributed by atoms with Crippen LogP contribution in [-0.2, 0) is 12.8 Å². The summed E-state index contributed by atoms with van der Waals surface area (Å²) in [6.07, 6.45) is 4.63. The van der Waals surface area contributed by atoms with E-state index >= 15 is 0 Å². The highest BCUT2D eigenvalue weighted by Crippen LogP contribution is 2.26. The van der Waals surface area contributed by atoms with Gasteiger partial charge in [0.15, 0.2) is 0 Å². The number of ether oxygens (including phenoxy) is 1. The van der Waals surface area contributed by atoms with Gasteiger partial charge in [-0.2, -0.15) is 0 Å². The molecule has 0 amide bonds. The average Bonchev–Trinajstić information content (AvgIpc) is 2.52. The second-order valence-electron chi connectivity index (χ2n) is 9.51. The Kier molecular flexibility index (Phi) is 6.32. The van der Waals surface area contributed by atoms with Crippen molar-refractivity contribution in [1.82, 2.24) is 0 Å². The summed E-state index contributed by atoms with van der Waals surface area (Å²) >= 11 is 0. The third-order valence-corrected chi connectivity index (χ3v) is 4.41. The summed E-state index contributed by atoms with van der Waals surface area (Å²) in [6.45, 7) is 13.7. The smallest absolute Gasteiger partial charge is 0.127 e. The summed E-state index contributed by atoms with van der Waals surface area (Å²) < 4.78 is 5.98. The standard InChI is InChI=1S/C24H34O/c1-23(2,3)17-15-19-7-11-21(12-8-19)25-22-13-9-20(10-14-22)16-18-24(4,5)6/h7-14H,15-18H2,1-6H3. The molecule has 1 nitrogen and oxygen atoms in total. The van der Waals surface area contributed by atoms with Crippen LogP contribution >= 0.6 is 0 Å². The molecule has 0 unspecified atom stereocenters. The summed E-state index contributed by atoms with van der Waals surface area (Å²) in [5.74, 6) is 1.81. The van der Waals surface area contributed by atoms with Crippen LogP contribution in [0.2, 0.25) is 0 Å². The first-order valence-electron chi connectivity index (χ1n) is 9.47. The zero-order chi connectivity index (χ0) is 18.5. The van der Waals surface area contributed by atoms with Gasteiger partial charge >= 0.3 is 0 Å². The van der Waals surface area contributed by atoms with Crippen LogP contribution in [0.4, 0.5) is 0 Å². The van der Waals surface area contributed by atoms with Crippen LogP contribution in [0.3, 0.4) is 0 Å². The van der Waals surface area contributed by atoms with E-state index < -0.39 is 0 Å². The van der Waals surface area contributed by atoms with Gasteiger partial charge in [-0.25, -0.2) is 0 Å². The molecule has 0 heterocycles. The third-order valence-electron chi connectivity index (χ3n) is 4.41. The molecular weight excluding hydrogens is 304 g/mol. The normalized spacial score (nSPS) is 12.2. The van der Waals surface area contributed by atoms with E-state index in [0.29, 0.717) is 10.8 Å². The molecule has 136 valence electrons. The largest absolute Gasteiger partial charge is 0.457 e. The summed E-state index contributed by atoms with van der Waals surface area (Å²) in [5, 5.41) is 0. The maximum Gasteiger partial charge on any atom is 0.127 e. The molecule has 0 spiro atoms. The van der Waals surface area contributed by atoms with Crippen LogP contribution in [0.5, 0.6) is 11.5 Å². The van der Waals surface area contributed by atoms with Gasteiger partial charge < -0.3 is 4.74 Å². The van der Waals surface area contributed by atoms with Crippen molar-refractivity contribution >= 4 is 0 Å². The van der Waals surface area contributed by atoms with Crippen molar-refractivity contribution in [3.05, 3.63) is 59.7 Å². The number of hydrogen-bond acceptors (Lipinski definition) is 1. The molecule has 0 saturated carbocycles.